The number of H-pyrrole nitrogens is 1. The number of rotatable bonds is 7. The molecule has 1 amide bonds. The summed E-state index contributed by atoms with van der Waals surface area (Å²) in [6, 6.07) is 11.2. The Kier molecular flexibility index (Phi) is 5.87. The highest BCUT2D eigenvalue weighted by molar-refractivity contribution is 7.91. The highest BCUT2D eigenvalue weighted by Crippen LogP contribution is 2.26. The van der Waals surface area contributed by atoms with E-state index < -0.39 is 15.7 Å². The fraction of sp³-hybridized carbons (Fsp3) is 0.136. The van der Waals surface area contributed by atoms with Gasteiger partial charge in [-0.05, 0) is 48.9 Å². The van der Waals surface area contributed by atoms with E-state index in [2.05, 4.69) is 20.5 Å². The molecule has 0 saturated carbocycles. The van der Waals surface area contributed by atoms with Crippen LogP contribution in [-0.4, -0.2) is 36.1 Å². The van der Waals surface area contributed by atoms with Gasteiger partial charge in [0.25, 0.3) is 5.91 Å². The minimum Gasteiger partial charge on any atom is -0.491 e. The van der Waals surface area contributed by atoms with Crippen molar-refractivity contribution in [3.8, 4) is 5.75 Å². The first-order chi connectivity index (χ1) is 15.4. The summed E-state index contributed by atoms with van der Waals surface area (Å²) in [5, 5.41) is 10.1. The van der Waals surface area contributed by atoms with Gasteiger partial charge in [0.1, 0.15) is 0 Å². The molecule has 0 fully saturated rings. The predicted octanol–water partition coefficient (Wildman–Crippen LogP) is 3.26. The molecule has 164 valence electrons. The number of sulfone groups is 1. The van der Waals surface area contributed by atoms with Gasteiger partial charge in [0.05, 0.1) is 28.2 Å². The maximum Gasteiger partial charge on any atom is 0.253 e. The normalized spacial score (nSPS) is 11.4. The Hall–Kier alpha value is -3.79. The number of pyridine rings is 1. The monoisotopic (exact) mass is 454 g/mol. The third kappa shape index (κ3) is 4.30. The Balaban J connectivity index is 1.45. The maximum absolute atomic E-state index is 14.1. The molecule has 32 heavy (non-hydrogen) atoms. The summed E-state index contributed by atoms with van der Waals surface area (Å²) < 4.78 is 44.8. The number of hydrogen-bond donors (Lipinski definition) is 2. The second kappa shape index (κ2) is 8.75. The number of aromatic amines is 1. The van der Waals surface area contributed by atoms with Crippen LogP contribution in [0.2, 0.25) is 0 Å². The molecule has 4 rings (SSSR count). The van der Waals surface area contributed by atoms with Crippen LogP contribution in [0.25, 0.3) is 11.0 Å². The van der Waals surface area contributed by atoms with Crippen molar-refractivity contribution in [1.82, 2.24) is 20.5 Å². The average molecular weight is 454 g/mol. The summed E-state index contributed by atoms with van der Waals surface area (Å²) in [5.74, 6) is -1.06. The van der Waals surface area contributed by atoms with E-state index in [0.717, 1.165) is 11.5 Å². The van der Waals surface area contributed by atoms with Crippen LogP contribution in [0.5, 0.6) is 5.75 Å². The highest BCUT2D eigenvalue weighted by Gasteiger charge is 2.20. The van der Waals surface area contributed by atoms with Crippen molar-refractivity contribution in [2.24, 2.45) is 0 Å². The Bertz CT molecular complexity index is 1380. The Morgan fingerprint density at radius 3 is 2.56 bits per heavy atom. The van der Waals surface area contributed by atoms with Gasteiger partial charge in [-0.1, -0.05) is 12.1 Å². The largest absolute Gasteiger partial charge is 0.491 e. The maximum atomic E-state index is 14.1. The van der Waals surface area contributed by atoms with E-state index in [-0.39, 0.29) is 34.6 Å². The van der Waals surface area contributed by atoms with Crippen molar-refractivity contribution in [1.29, 1.82) is 0 Å². The molecule has 0 aliphatic heterocycles. The number of halogens is 1. The Morgan fingerprint density at radius 2 is 1.84 bits per heavy atom. The first-order valence-electron chi connectivity index (χ1n) is 9.72. The summed E-state index contributed by atoms with van der Waals surface area (Å²) in [7, 11) is -3.90. The van der Waals surface area contributed by atoms with Gasteiger partial charge in [-0.15, -0.1) is 0 Å². The van der Waals surface area contributed by atoms with Crippen LogP contribution in [-0.2, 0) is 16.4 Å². The SMILES string of the molecule is CCOc1ccc(S(=O)(=O)c2ccc(CNC(=O)c3cnc4[nH]ncc4c3)cc2)cc1F. The number of ether oxygens (including phenoxy) is 1. The summed E-state index contributed by atoms with van der Waals surface area (Å²) in [4.78, 5) is 16.4. The molecule has 10 heteroatoms. The fourth-order valence-corrected chi connectivity index (χ4v) is 4.36. The molecule has 0 saturated heterocycles. The molecule has 0 aliphatic rings. The number of carbonyl (C=O) groups is 1. The molecule has 0 aliphatic carbocycles. The van der Waals surface area contributed by atoms with Crippen LogP contribution in [0.4, 0.5) is 4.39 Å². The molecular weight excluding hydrogens is 435 g/mol. The second-order valence-electron chi connectivity index (χ2n) is 6.89. The molecule has 2 heterocycles. The molecule has 0 radical (unpaired) electrons. The standard InChI is InChI=1S/C22H19FN4O4S/c1-2-31-20-8-7-18(10-19(20)23)32(29,30)17-5-3-14(4-6-17)11-25-22(28)16-9-15-13-26-27-21(15)24-12-16/h3-10,12-13H,2,11H2,1H3,(H,25,28)(H,24,26,27). The van der Waals surface area contributed by atoms with Crippen LogP contribution < -0.4 is 10.1 Å². The lowest BCUT2D eigenvalue weighted by atomic mass is 10.2. The summed E-state index contributed by atoms with van der Waals surface area (Å²) in [6.45, 7) is 2.18. The van der Waals surface area contributed by atoms with Crippen LogP contribution in [0.3, 0.4) is 0 Å². The molecule has 2 aromatic heterocycles. The lowest BCUT2D eigenvalue weighted by Gasteiger charge is -2.09. The number of hydrogen-bond acceptors (Lipinski definition) is 6. The quantitative estimate of drug-likeness (QED) is 0.443. The van der Waals surface area contributed by atoms with E-state index in [0.29, 0.717) is 16.8 Å². The summed E-state index contributed by atoms with van der Waals surface area (Å²) >= 11 is 0. The first kappa shape index (κ1) is 21.4. The molecule has 0 atom stereocenters. The molecule has 2 aromatic carbocycles. The zero-order valence-corrected chi connectivity index (χ0v) is 17.8. The molecule has 4 aromatic rings. The minimum atomic E-state index is -3.90. The van der Waals surface area contributed by atoms with Crippen molar-refractivity contribution in [3.63, 3.8) is 0 Å². The molecular formula is C22H19FN4O4S. The van der Waals surface area contributed by atoms with E-state index in [1.165, 1.54) is 30.5 Å². The highest BCUT2D eigenvalue weighted by atomic mass is 32.2. The number of nitrogens with zero attached hydrogens (tertiary/aromatic N) is 2. The molecule has 8 nitrogen and oxygen atoms in total. The van der Waals surface area contributed by atoms with Gasteiger partial charge in [-0.3, -0.25) is 9.89 Å². The van der Waals surface area contributed by atoms with Crippen molar-refractivity contribution in [3.05, 3.63) is 77.9 Å². The van der Waals surface area contributed by atoms with Gasteiger partial charge < -0.3 is 10.1 Å². The third-order valence-electron chi connectivity index (χ3n) is 4.75. The number of aromatic nitrogens is 3. The number of carbonyl (C=O) groups excluding carboxylic acids is 1. The van der Waals surface area contributed by atoms with E-state index in [1.54, 1.807) is 31.3 Å². The van der Waals surface area contributed by atoms with Crippen molar-refractivity contribution in [2.75, 3.05) is 6.61 Å². The van der Waals surface area contributed by atoms with Crippen molar-refractivity contribution in [2.45, 2.75) is 23.3 Å². The molecule has 2 N–H and O–H groups in total. The smallest absolute Gasteiger partial charge is 0.253 e. The van der Waals surface area contributed by atoms with Crippen LogP contribution in [0.1, 0.15) is 22.8 Å². The van der Waals surface area contributed by atoms with Crippen LogP contribution >= 0.6 is 0 Å². The lowest BCUT2D eigenvalue weighted by molar-refractivity contribution is 0.0950. The van der Waals surface area contributed by atoms with Gasteiger partial charge in [0.15, 0.2) is 17.2 Å². The molecule has 0 bridgehead atoms. The Labute approximate surface area is 183 Å². The van der Waals surface area contributed by atoms with Gasteiger partial charge in [-0.25, -0.2) is 17.8 Å². The summed E-state index contributed by atoms with van der Waals surface area (Å²) in [6.07, 6.45) is 3.02. The van der Waals surface area contributed by atoms with Gasteiger partial charge in [0.2, 0.25) is 9.84 Å². The fourth-order valence-electron chi connectivity index (χ4n) is 3.09. The number of amides is 1. The zero-order valence-electron chi connectivity index (χ0n) is 17.0. The van der Waals surface area contributed by atoms with Crippen molar-refractivity contribution < 1.29 is 22.3 Å². The van der Waals surface area contributed by atoms with E-state index in [1.807, 2.05) is 0 Å². The first-order valence-corrected chi connectivity index (χ1v) is 11.2. The predicted molar refractivity (Wildman–Crippen MR) is 115 cm³/mol. The minimum absolute atomic E-state index is 0.000316. The van der Waals surface area contributed by atoms with Gasteiger partial charge in [-0.2, -0.15) is 5.10 Å². The van der Waals surface area contributed by atoms with Crippen molar-refractivity contribution >= 4 is 26.8 Å². The van der Waals surface area contributed by atoms with E-state index in [9.17, 15) is 17.6 Å². The third-order valence-corrected chi connectivity index (χ3v) is 6.52. The van der Waals surface area contributed by atoms with Gasteiger partial charge in [0, 0.05) is 18.1 Å². The zero-order chi connectivity index (χ0) is 22.7. The Morgan fingerprint density at radius 1 is 1.09 bits per heavy atom. The lowest BCUT2D eigenvalue weighted by Crippen LogP contribution is -2.22. The molecule has 0 spiro atoms. The second-order valence-corrected chi connectivity index (χ2v) is 8.84. The average Bonchev–Trinajstić information content (AvgIpc) is 3.27. The molecule has 0 unspecified atom stereocenters. The number of benzene rings is 2. The van der Waals surface area contributed by atoms with Gasteiger partial charge >= 0.3 is 0 Å². The number of nitrogens with one attached hydrogen (secondary N) is 2. The van der Waals surface area contributed by atoms with Crippen LogP contribution in [0, 0.1) is 5.82 Å². The van der Waals surface area contributed by atoms with E-state index >= 15 is 0 Å². The van der Waals surface area contributed by atoms with Crippen LogP contribution in [0.15, 0.2) is 70.7 Å². The van der Waals surface area contributed by atoms with E-state index in [4.69, 9.17) is 4.74 Å². The topological polar surface area (TPSA) is 114 Å². The number of fused-ring (bicyclic) bond motifs is 1. The summed E-state index contributed by atoms with van der Waals surface area (Å²) in [5.41, 5.74) is 1.67.